The summed E-state index contributed by atoms with van der Waals surface area (Å²) in [7, 11) is 0. The summed E-state index contributed by atoms with van der Waals surface area (Å²) < 4.78 is 0. The molecule has 0 spiro atoms. The zero-order chi connectivity index (χ0) is 23.2. The molecule has 32 heavy (non-hydrogen) atoms. The molecule has 0 amide bonds. The molecule has 0 unspecified atom stereocenters. The molecule has 0 bridgehead atoms. The molecule has 0 N–H and O–H groups in total. The Labute approximate surface area is 195 Å². The third kappa shape index (κ3) is 3.92. The summed E-state index contributed by atoms with van der Waals surface area (Å²) in [5.41, 5.74) is 14.0. The van der Waals surface area contributed by atoms with Crippen LogP contribution in [0.25, 0.3) is 10.8 Å². The minimum atomic E-state index is 0.208. The minimum Gasteiger partial charge on any atom is -0.0819 e. The largest absolute Gasteiger partial charge is 0.243 e. The second-order valence-corrected chi connectivity index (χ2v) is 10.0. The van der Waals surface area contributed by atoms with E-state index in [2.05, 4.69) is 116 Å². The van der Waals surface area contributed by atoms with Crippen LogP contribution < -0.4 is 21.9 Å². The molecule has 4 rings (SSSR count). The van der Waals surface area contributed by atoms with E-state index >= 15 is 0 Å². The molecule has 0 aliphatic rings. The third-order valence-electron chi connectivity index (χ3n) is 6.96. The molecule has 0 heterocycles. The van der Waals surface area contributed by atoms with Crippen molar-refractivity contribution in [1.82, 2.24) is 0 Å². The molecule has 0 saturated carbocycles. The summed E-state index contributed by atoms with van der Waals surface area (Å²) in [5, 5.41) is 2.76. The summed E-state index contributed by atoms with van der Waals surface area (Å²) in [6.07, 6.45) is 0. The van der Waals surface area contributed by atoms with E-state index in [0.717, 1.165) is 0 Å². The van der Waals surface area contributed by atoms with Gasteiger partial charge in [0.2, 0.25) is 6.71 Å². The van der Waals surface area contributed by atoms with Crippen molar-refractivity contribution in [1.29, 1.82) is 0 Å². The lowest BCUT2D eigenvalue weighted by Crippen LogP contribution is -2.56. The minimum absolute atomic E-state index is 0.208. The number of fused-ring (bicyclic) bond motifs is 1. The second kappa shape index (κ2) is 8.66. The van der Waals surface area contributed by atoms with E-state index in [1.54, 1.807) is 0 Å². The Morgan fingerprint density at radius 1 is 0.531 bits per heavy atom. The Balaban J connectivity index is 2.17. The monoisotopic (exact) mass is 416 g/mol. The third-order valence-corrected chi connectivity index (χ3v) is 6.96. The maximum Gasteiger partial charge on any atom is 0.243 e. The Hall–Kier alpha value is -2.73. The van der Waals surface area contributed by atoms with Crippen molar-refractivity contribution in [3.05, 3.63) is 94.0 Å². The Morgan fingerprint density at radius 3 is 1.34 bits per heavy atom. The molecule has 0 aliphatic carbocycles. The van der Waals surface area contributed by atoms with Gasteiger partial charge in [0.1, 0.15) is 0 Å². The quantitative estimate of drug-likeness (QED) is 0.403. The number of hydrogen-bond donors (Lipinski definition) is 0. The van der Waals surface area contributed by atoms with E-state index in [9.17, 15) is 0 Å². The number of benzene rings is 4. The van der Waals surface area contributed by atoms with Crippen LogP contribution in [0.4, 0.5) is 0 Å². The maximum atomic E-state index is 2.37. The van der Waals surface area contributed by atoms with E-state index in [4.69, 9.17) is 0 Å². The van der Waals surface area contributed by atoms with Crippen LogP contribution in [0.3, 0.4) is 0 Å². The highest BCUT2D eigenvalue weighted by molar-refractivity contribution is 6.98. The molecule has 0 radical (unpaired) electrons. The summed E-state index contributed by atoms with van der Waals surface area (Å²) >= 11 is 0. The highest BCUT2D eigenvalue weighted by Crippen LogP contribution is 2.17. The van der Waals surface area contributed by atoms with Gasteiger partial charge in [-0.1, -0.05) is 130 Å². The van der Waals surface area contributed by atoms with Crippen molar-refractivity contribution in [3.63, 3.8) is 0 Å². The average molecular weight is 416 g/mol. The Morgan fingerprint density at radius 2 is 0.938 bits per heavy atom. The lowest BCUT2D eigenvalue weighted by Gasteiger charge is -2.26. The van der Waals surface area contributed by atoms with Crippen LogP contribution in [0.15, 0.2) is 60.7 Å². The van der Waals surface area contributed by atoms with Crippen LogP contribution in [-0.2, 0) is 0 Å². The van der Waals surface area contributed by atoms with Gasteiger partial charge in [-0.25, -0.2) is 0 Å². The van der Waals surface area contributed by atoms with Gasteiger partial charge in [0.25, 0.3) is 0 Å². The number of hydrogen-bond acceptors (Lipinski definition) is 0. The first kappa shape index (κ1) is 22.5. The molecular formula is C30H34B2. The van der Waals surface area contributed by atoms with Crippen LogP contribution in [0.2, 0.25) is 13.6 Å². The van der Waals surface area contributed by atoms with Gasteiger partial charge in [0, 0.05) is 0 Å². The molecule has 160 valence electrons. The fourth-order valence-electron chi connectivity index (χ4n) is 5.87. The van der Waals surface area contributed by atoms with Crippen molar-refractivity contribution in [2.75, 3.05) is 0 Å². The van der Waals surface area contributed by atoms with Crippen LogP contribution in [0.5, 0.6) is 0 Å². The Bertz CT molecular complexity index is 1210. The van der Waals surface area contributed by atoms with Crippen LogP contribution in [-0.4, -0.2) is 13.4 Å². The SMILES string of the molecule is CB(C)c1cccc2cccc(B(c3c(C)cc(C)cc3C)c3c(C)cc(C)cc3C)c12. The van der Waals surface area contributed by atoms with E-state index in [1.807, 2.05) is 0 Å². The predicted molar refractivity (Wildman–Crippen MR) is 147 cm³/mol. The Kier molecular flexibility index (Phi) is 6.08. The van der Waals surface area contributed by atoms with Crippen molar-refractivity contribution in [2.24, 2.45) is 0 Å². The summed E-state index contributed by atoms with van der Waals surface area (Å²) in [6, 6.07) is 23.1. The van der Waals surface area contributed by atoms with E-state index < -0.39 is 0 Å². The molecule has 0 aliphatic heterocycles. The molecule has 0 aromatic heterocycles. The molecule has 0 fully saturated rings. The van der Waals surface area contributed by atoms with Gasteiger partial charge >= 0.3 is 0 Å². The topological polar surface area (TPSA) is 0 Å². The predicted octanol–water partition coefficient (Wildman–Crippen LogP) is 5.17. The van der Waals surface area contributed by atoms with E-state index in [0.29, 0.717) is 6.71 Å². The smallest absolute Gasteiger partial charge is 0.0819 e. The second-order valence-electron chi connectivity index (χ2n) is 10.0. The number of rotatable bonds is 4. The van der Waals surface area contributed by atoms with Gasteiger partial charge in [-0.2, -0.15) is 0 Å². The first-order valence-corrected chi connectivity index (χ1v) is 11.9. The number of aryl methyl sites for hydroxylation is 6. The summed E-state index contributed by atoms with van der Waals surface area (Å²) in [6.45, 7) is 18.9. The molecule has 2 heteroatoms. The lowest BCUT2D eigenvalue weighted by molar-refractivity contribution is 1.34. The first-order valence-electron chi connectivity index (χ1n) is 11.9. The summed E-state index contributed by atoms with van der Waals surface area (Å²) in [4.78, 5) is 0. The fraction of sp³-hybridized carbons (Fsp3) is 0.267. The van der Waals surface area contributed by atoms with Gasteiger partial charge in [0.05, 0.1) is 0 Å². The van der Waals surface area contributed by atoms with Crippen molar-refractivity contribution in [3.8, 4) is 0 Å². The van der Waals surface area contributed by atoms with Gasteiger partial charge in [-0.05, 0) is 52.3 Å². The van der Waals surface area contributed by atoms with Gasteiger partial charge in [0.15, 0.2) is 6.71 Å². The normalized spacial score (nSPS) is 11.1. The van der Waals surface area contributed by atoms with Crippen molar-refractivity contribution >= 4 is 46.0 Å². The fourth-order valence-corrected chi connectivity index (χ4v) is 5.87. The zero-order valence-electron chi connectivity index (χ0n) is 20.9. The molecule has 4 aromatic rings. The van der Waals surface area contributed by atoms with E-state index in [-0.39, 0.29) is 6.71 Å². The van der Waals surface area contributed by atoms with Gasteiger partial charge < -0.3 is 0 Å². The van der Waals surface area contributed by atoms with E-state index in [1.165, 1.54) is 66.0 Å². The molecule has 0 nitrogen and oxygen atoms in total. The molecule has 0 atom stereocenters. The van der Waals surface area contributed by atoms with Crippen LogP contribution in [0.1, 0.15) is 33.4 Å². The standard InChI is InChI=1S/C30H34B2/c1-19-15-21(3)29(22(4)16-19)32(30-23(5)17-20(2)18-24(30)6)27-14-10-12-25-11-9-13-26(28(25)27)31(7)8/h9-18H,1-8H3. The van der Waals surface area contributed by atoms with Crippen LogP contribution >= 0.6 is 0 Å². The van der Waals surface area contributed by atoms with Gasteiger partial charge in [-0.15, -0.1) is 0 Å². The lowest BCUT2D eigenvalue weighted by atomic mass is 9.33. The first-order chi connectivity index (χ1) is 15.2. The summed E-state index contributed by atoms with van der Waals surface area (Å²) in [5.74, 6) is 0. The van der Waals surface area contributed by atoms with Crippen molar-refractivity contribution in [2.45, 2.75) is 55.2 Å². The maximum absolute atomic E-state index is 2.37. The highest BCUT2D eigenvalue weighted by atomic mass is 14.1. The average Bonchev–Trinajstić information content (AvgIpc) is 2.70. The molecule has 0 saturated heterocycles. The zero-order valence-corrected chi connectivity index (χ0v) is 20.9. The van der Waals surface area contributed by atoms with Gasteiger partial charge in [-0.3, -0.25) is 0 Å². The van der Waals surface area contributed by atoms with Crippen LogP contribution in [0, 0.1) is 41.5 Å². The van der Waals surface area contributed by atoms with Crippen molar-refractivity contribution < 1.29 is 0 Å². The highest BCUT2D eigenvalue weighted by Gasteiger charge is 2.30. The molecular weight excluding hydrogens is 382 g/mol. The molecule has 4 aromatic carbocycles.